The van der Waals surface area contributed by atoms with E-state index in [1.165, 1.54) is 0 Å². The van der Waals surface area contributed by atoms with Crippen molar-refractivity contribution in [2.75, 3.05) is 11.9 Å². The number of hydrogen-bond acceptors (Lipinski definition) is 1. The summed E-state index contributed by atoms with van der Waals surface area (Å²) < 4.78 is 0. The van der Waals surface area contributed by atoms with Gasteiger partial charge in [-0.3, -0.25) is 4.79 Å². The topological polar surface area (TPSA) is 29.1 Å². The fraction of sp³-hybridized carbons (Fsp3) is 0.400. The van der Waals surface area contributed by atoms with Gasteiger partial charge in [0, 0.05) is 5.03 Å². The summed E-state index contributed by atoms with van der Waals surface area (Å²) in [5.41, 5.74) is 0. The highest BCUT2D eigenvalue weighted by Gasteiger charge is 1.95. The van der Waals surface area contributed by atoms with Gasteiger partial charge in [-0.15, -0.1) is 0 Å². The predicted octanol–water partition coefficient (Wildman–Crippen LogP) is 1.25. The van der Waals surface area contributed by atoms with Crippen LogP contribution in [-0.2, 0) is 4.79 Å². The van der Waals surface area contributed by atoms with Crippen LogP contribution in [0.15, 0.2) is 11.6 Å². The Morgan fingerprint density at radius 3 is 2.67 bits per heavy atom. The largest absolute Gasteiger partial charge is 0.350 e. The lowest BCUT2D eigenvalue weighted by Crippen LogP contribution is -2.25. The van der Waals surface area contributed by atoms with Crippen molar-refractivity contribution in [2.24, 2.45) is 0 Å². The van der Waals surface area contributed by atoms with Crippen LogP contribution in [-0.4, -0.2) is 17.8 Å². The number of rotatable bonds is 3. The molecule has 0 atom stereocenters. The molecule has 1 amide bonds. The first-order valence-corrected chi connectivity index (χ1v) is 3.82. The van der Waals surface area contributed by atoms with Gasteiger partial charge in [-0.1, -0.05) is 34.1 Å². The molecular formula is C5H7BrClNO. The Morgan fingerprint density at radius 1 is 1.78 bits per heavy atom. The third kappa shape index (κ3) is 5.86. The lowest BCUT2D eigenvalue weighted by atomic mass is 10.6. The molecule has 0 aromatic heterocycles. The van der Waals surface area contributed by atoms with Crippen molar-refractivity contribution in [3.05, 3.63) is 11.6 Å². The Labute approximate surface area is 67.4 Å². The molecule has 0 heterocycles. The lowest BCUT2D eigenvalue weighted by molar-refractivity contribution is -0.118. The molecule has 0 aliphatic heterocycles. The van der Waals surface area contributed by atoms with Gasteiger partial charge in [0.15, 0.2) is 0 Å². The van der Waals surface area contributed by atoms with Crippen molar-refractivity contribution >= 4 is 33.4 Å². The summed E-state index contributed by atoms with van der Waals surface area (Å²) in [7, 11) is 0. The average molecular weight is 212 g/mol. The van der Waals surface area contributed by atoms with Gasteiger partial charge in [0.25, 0.3) is 0 Å². The molecule has 0 fully saturated rings. The zero-order valence-corrected chi connectivity index (χ0v) is 7.13. The highest BCUT2D eigenvalue weighted by atomic mass is 79.9. The fourth-order valence-electron chi connectivity index (χ4n) is 0.242. The van der Waals surface area contributed by atoms with E-state index in [1.54, 1.807) is 0 Å². The molecule has 0 saturated heterocycles. The normalized spacial score (nSPS) is 8.67. The summed E-state index contributed by atoms with van der Waals surface area (Å²) in [5.74, 6) is -0.0863. The van der Waals surface area contributed by atoms with E-state index in [0.29, 0.717) is 16.9 Å². The summed E-state index contributed by atoms with van der Waals surface area (Å²) >= 11 is 8.33. The summed E-state index contributed by atoms with van der Waals surface area (Å²) in [6, 6.07) is 0. The molecule has 9 heavy (non-hydrogen) atoms. The first-order valence-electron chi connectivity index (χ1n) is 2.32. The quantitative estimate of drug-likeness (QED) is 0.701. The number of nitrogens with one attached hydrogen (secondary N) is 1. The van der Waals surface area contributed by atoms with Crippen LogP contribution in [0.1, 0.15) is 0 Å². The summed E-state index contributed by atoms with van der Waals surface area (Å²) in [6.45, 7) is 3.74. The van der Waals surface area contributed by atoms with Crippen LogP contribution in [0.2, 0.25) is 0 Å². The smallest absolute Gasteiger partial charge is 0.230 e. The van der Waals surface area contributed by atoms with Gasteiger partial charge < -0.3 is 5.32 Å². The first-order chi connectivity index (χ1) is 4.16. The SMILES string of the molecule is C=C(Cl)CNC(=O)CBr. The van der Waals surface area contributed by atoms with Crippen LogP contribution in [0.5, 0.6) is 0 Å². The third-order valence-corrected chi connectivity index (χ3v) is 1.24. The fourth-order valence-corrected chi connectivity index (χ4v) is 0.507. The summed E-state index contributed by atoms with van der Waals surface area (Å²) in [6.07, 6.45) is 0. The van der Waals surface area contributed by atoms with Crippen LogP contribution in [0.4, 0.5) is 0 Å². The number of carbonyl (C=O) groups excluding carboxylic acids is 1. The molecule has 0 rings (SSSR count). The molecule has 0 aromatic rings. The van der Waals surface area contributed by atoms with Crippen LogP contribution in [0.25, 0.3) is 0 Å². The van der Waals surface area contributed by atoms with Gasteiger partial charge in [0.2, 0.25) is 5.91 Å². The van der Waals surface area contributed by atoms with E-state index in [4.69, 9.17) is 11.6 Å². The molecule has 0 radical (unpaired) electrons. The third-order valence-electron chi connectivity index (χ3n) is 0.599. The van der Waals surface area contributed by atoms with Crippen LogP contribution < -0.4 is 5.32 Å². The molecule has 52 valence electrons. The first kappa shape index (κ1) is 8.98. The minimum atomic E-state index is -0.0863. The van der Waals surface area contributed by atoms with E-state index in [9.17, 15) is 4.79 Å². The number of hydrogen-bond donors (Lipinski definition) is 1. The summed E-state index contributed by atoms with van der Waals surface area (Å²) in [4.78, 5) is 10.5. The van der Waals surface area contributed by atoms with E-state index in [-0.39, 0.29) is 5.91 Å². The monoisotopic (exact) mass is 211 g/mol. The second-order valence-electron chi connectivity index (χ2n) is 1.43. The maximum absolute atomic E-state index is 10.5. The van der Waals surface area contributed by atoms with Gasteiger partial charge in [0.05, 0.1) is 11.9 Å². The van der Waals surface area contributed by atoms with E-state index in [1.807, 2.05) is 0 Å². The molecular weight excluding hydrogens is 205 g/mol. The zero-order chi connectivity index (χ0) is 7.28. The number of amides is 1. The standard InChI is InChI=1S/C5H7BrClNO/c1-4(7)3-8-5(9)2-6/h1-3H2,(H,8,9). The van der Waals surface area contributed by atoms with Gasteiger partial charge in [-0.05, 0) is 0 Å². The maximum atomic E-state index is 10.5. The molecule has 0 aromatic carbocycles. The molecule has 0 aliphatic rings. The van der Waals surface area contributed by atoms with Gasteiger partial charge >= 0.3 is 0 Å². The Kier molecular flexibility index (Phi) is 4.81. The predicted molar refractivity (Wildman–Crippen MR) is 41.8 cm³/mol. The van der Waals surface area contributed by atoms with E-state index in [0.717, 1.165) is 0 Å². The minimum Gasteiger partial charge on any atom is -0.350 e. The second kappa shape index (κ2) is 4.82. The number of carbonyl (C=O) groups is 1. The van der Waals surface area contributed by atoms with Crippen molar-refractivity contribution in [3.8, 4) is 0 Å². The van der Waals surface area contributed by atoms with E-state index >= 15 is 0 Å². The summed E-state index contributed by atoms with van der Waals surface area (Å²) in [5, 5.41) is 3.25. The van der Waals surface area contributed by atoms with Crippen molar-refractivity contribution in [2.45, 2.75) is 0 Å². The molecule has 1 N–H and O–H groups in total. The zero-order valence-electron chi connectivity index (χ0n) is 4.79. The molecule has 4 heteroatoms. The highest BCUT2D eigenvalue weighted by molar-refractivity contribution is 9.09. The van der Waals surface area contributed by atoms with Crippen LogP contribution >= 0.6 is 27.5 Å². The molecule has 0 unspecified atom stereocenters. The van der Waals surface area contributed by atoms with Crippen molar-refractivity contribution in [1.82, 2.24) is 5.32 Å². The maximum Gasteiger partial charge on any atom is 0.230 e. The minimum absolute atomic E-state index is 0.0863. The van der Waals surface area contributed by atoms with E-state index in [2.05, 4.69) is 27.8 Å². The lowest BCUT2D eigenvalue weighted by Gasteiger charge is -1.97. The average Bonchev–Trinajstić information content (AvgIpc) is 1.83. The molecule has 2 nitrogen and oxygen atoms in total. The Hall–Kier alpha value is -0.0200. The van der Waals surface area contributed by atoms with Crippen LogP contribution in [0.3, 0.4) is 0 Å². The number of alkyl halides is 1. The van der Waals surface area contributed by atoms with Gasteiger partial charge in [0.1, 0.15) is 0 Å². The second-order valence-corrected chi connectivity index (χ2v) is 2.52. The van der Waals surface area contributed by atoms with Crippen LogP contribution in [0, 0.1) is 0 Å². The van der Waals surface area contributed by atoms with Gasteiger partial charge in [-0.2, -0.15) is 0 Å². The Bertz CT molecular complexity index is 126. The van der Waals surface area contributed by atoms with Crippen molar-refractivity contribution in [3.63, 3.8) is 0 Å². The van der Waals surface area contributed by atoms with Crippen molar-refractivity contribution in [1.29, 1.82) is 0 Å². The molecule has 0 aliphatic carbocycles. The van der Waals surface area contributed by atoms with Gasteiger partial charge in [-0.25, -0.2) is 0 Å². The molecule has 0 spiro atoms. The van der Waals surface area contributed by atoms with E-state index < -0.39 is 0 Å². The number of halogens is 2. The van der Waals surface area contributed by atoms with Crippen molar-refractivity contribution < 1.29 is 4.79 Å². The Balaban J connectivity index is 3.28. The highest BCUT2D eigenvalue weighted by Crippen LogP contribution is 1.92. The molecule has 0 bridgehead atoms. The molecule has 0 saturated carbocycles. The Morgan fingerprint density at radius 2 is 2.33 bits per heavy atom.